The predicted molar refractivity (Wildman–Crippen MR) is 148 cm³/mol. The molecule has 2 saturated carbocycles. The maximum absolute atomic E-state index is 14.7. The molecule has 0 amide bonds. The molecule has 4 rings (SSSR count). The molecule has 2 aliphatic carbocycles. The first kappa shape index (κ1) is 30.6. The lowest BCUT2D eigenvalue weighted by Crippen LogP contribution is -2.22. The average molecular weight is 567 g/mol. The monoisotopic (exact) mass is 566 g/mol. The molecule has 2 aromatic rings. The van der Waals surface area contributed by atoms with Gasteiger partial charge in [0, 0.05) is 0 Å². The Balaban J connectivity index is 1.19. The predicted octanol–water partition coefficient (Wildman–Crippen LogP) is 11.2. The van der Waals surface area contributed by atoms with Gasteiger partial charge >= 0.3 is 12.5 Å². The van der Waals surface area contributed by atoms with E-state index in [1.54, 1.807) is 12.1 Å². The number of ether oxygens (including phenoxy) is 2. The summed E-state index contributed by atoms with van der Waals surface area (Å²) in [7, 11) is 0. The largest absolute Gasteiger partial charge is 0.573 e. The Morgan fingerprint density at radius 1 is 0.600 bits per heavy atom. The molecule has 0 atom stereocenters. The van der Waals surface area contributed by atoms with Crippen molar-refractivity contribution < 1.29 is 31.4 Å². The average Bonchev–Trinajstić information content (AvgIpc) is 2.93. The van der Waals surface area contributed by atoms with Gasteiger partial charge in [-0.3, -0.25) is 0 Å². The number of hydrogen-bond acceptors (Lipinski definition) is 2. The molecule has 0 radical (unpaired) electrons. The zero-order chi connectivity index (χ0) is 28.6. The van der Waals surface area contributed by atoms with E-state index in [0.717, 1.165) is 60.4 Å². The SMILES string of the molecule is CCCCC[C@H]1CC[C@H](CCC2CCC(c3ccc(C(F)(F)Oc4ccc(OC(F)(F)F)cc4)cc3)CC2)CC1. The van der Waals surface area contributed by atoms with Crippen LogP contribution in [0.2, 0.25) is 0 Å². The molecule has 40 heavy (non-hydrogen) atoms. The van der Waals surface area contributed by atoms with Gasteiger partial charge < -0.3 is 9.47 Å². The van der Waals surface area contributed by atoms with Gasteiger partial charge in [-0.05, 0) is 91.3 Å². The van der Waals surface area contributed by atoms with Crippen molar-refractivity contribution in [2.45, 2.75) is 115 Å². The number of rotatable bonds is 12. The lowest BCUT2D eigenvalue weighted by atomic mass is 9.74. The fraction of sp³-hybridized carbons (Fsp3) is 0.636. The molecule has 222 valence electrons. The summed E-state index contributed by atoms with van der Waals surface area (Å²) in [6, 6.07) is 10.2. The second-order valence-electron chi connectivity index (χ2n) is 11.9. The van der Waals surface area contributed by atoms with E-state index in [9.17, 15) is 22.0 Å². The van der Waals surface area contributed by atoms with Gasteiger partial charge in [0.25, 0.3) is 0 Å². The van der Waals surface area contributed by atoms with Crippen LogP contribution in [0.3, 0.4) is 0 Å². The number of alkyl halides is 5. The molecule has 2 fully saturated rings. The summed E-state index contributed by atoms with van der Waals surface area (Å²) in [6.45, 7) is 2.27. The van der Waals surface area contributed by atoms with Crippen molar-refractivity contribution in [1.29, 1.82) is 0 Å². The zero-order valence-corrected chi connectivity index (χ0v) is 23.5. The van der Waals surface area contributed by atoms with Crippen LogP contribution in [0.4, 0.5) is 22.0 Å². The second-order valence-corrected chi connectivity index (χ2v) is 11.9. The van der Waals surface area contributed by atoms with Crippen molar-refractivity contribution in [1.82, 2.24) is 0 Å². The van der Waals surface area contributed by atoms with Gasteiger partial charge in [0.1, 0.15) is 11.5 Å². The summed E-state index contributed by atoms with van der Waals surface area (Å²) in [4.78, 5) is 0. The second kappa shape index (κ2) is 14.0. The lowest BCUT2D eigenvalue weighted by Gasteiger charge is -2.32. The summed E-state index contributed by atoms with van der Waals surface area (Å²) in [6.07, 6.45) is 9.96. The molecule has 2 aliphatic rings. The van der Waals surface area contributed by atoms with Crippen LogP contribution in [0.1, 0.15) is 114 Å². The van der Waals surface area contributed by atoms with E-state index in [-0.39, 0.29) is 11.3 Å². The molecule has 0 spiro atoms. The Bertz CT molecular complexity index is 1000. The van der Waals surface area contributed by atoms with E-state index in [2.05, 4.69) is 11.7 Å². The van der Waals surface area contributed by atoms with E-state index in [4.69, 9.17) is 4.74 Å². The van der Waals surface area contributed by atoms with Crippen LogP contribution in [0.5, 0.6) is 11.5 Å². The zero-order valence-electron chi connectivity index (χ0n) is 23.5. The Labute approximate surface area is 235 Å². The van der Waals surface area contributed by atoms with Crippen LogP contribution >= 0.6 is 0 Å². The van der Waals surface area contributed by atoms with Crippen molar-refractivity contribution in [3.63, 3.8) is 0 Å². The number of hydrogen-bond donors (Lipinski definition) is 0. The summed E-state index contributed by atoms with van der Waals surface area (Å²) >= 11 is 0. The van der Waals surface area contributed by atoms with Crippen molar-refractivity contribution in [2.75, 3.05) is 0 Å². The van der Waals surface area contributed by atoms with Gasteiger partial charge in [-0.15, -0.1) is 13.2 Å². The highest BCUT2D eigenvalue weighted by molar-refractivity contribution is 5.33. The Kier molecular flexibility index (Phi) is 10.8. The first-order chi connectivity index (χ1) is 19.1. The number of unbranched alkanes of at least 4 members (excludes halogenated alkanes) is 2. The van der Waals surface area contributed by atoms with Crippen LogP contribution in [-0.4, -0.2) is 6.36 Å². The minimum Gasteiger partial charge on any atom is -0.429 e. The molecule has 0 saturated heterocycles. The van der Waals surface area contributed by atoms with Crippen LogP contribution in [0.25, 0.3) is 0 Å². The maximum atomic E-state index is 14.7. The molecule has 2 nitrogen and oxygen atoms in total. The minimum atomic E-state index is -4.85. The van der Waals surface area contributed by atoms with Crippen LogP contribution in [0, 0.1) is 17.8 Å². The van der Waals surface area contributed by atoms with Gasteiger partial charge in [0.15, 0.2) is 0 Å². The fourth-order valence-electron chi connectivity index (χ4n) is 6.61. The normalized spacial score (nSPS) is 24.1. The molecule has 7 heteroatoms. The highest BCUT2D eigenvalue weighted by Gasteiger charge is 2.35. The third kappa shape index (κ3) is 9.37. The minimum absolute atomic E-state index is 0.248. The van der Waals surface area contributed by atoms with Gasteiger partial charge in [-0.1, -0.05) is 83.3 Å². The fourth-order valence-corrected chi connectivity index (χ4v) is 6.61. The van der Waals surface area contributed by atoms with Crippen LogP contribution in [-0.2, 0) is 6.11 Å². The third-order valence-electron chi connectivity index (χ3n) is 9.03. The summed E-state index contributed by atoms with van der Waals surface area (Å²) in [5, 5.41) is 0. The molecule has 0 aliphatic heterocycles. The highest BCUT2D eigenvalue weighted by Crippen LogP contribution is 2.41. The third-order valence-corrected chi connectivity index (χ3v) is 9.03. The van der Waals surface area contributed by atoms with Crippen molar-refractivity contribution >= 4 is 0 Å². The smallest absolute Gasteiger partial charge is 0.429 e. The van der Waals surface area contributed by atoms with Gasteiger partial charge in [0.05, 0.1) is 5.56 Å². The molecule has 0 unspecified atom stereocenters. The quantitative estimate of drug-likeness (QED) is 0.188. The first-order valence-electron chi connectivity index (χ1n) is 15.1. The summed E-state index contributed by atoms with van der Waals surface area (Å²) < 4.78 is 74.9. The molecule has 2 aromatic carbocycles. The highest BCUT2D eigenvalue weighted by atomic mass is 19.4. The Morgan fingerprint density at radius 2 is 1.07 bits per heavy atom. The summed E-state index contributed by atoms with van der Waals surface area (Å²) in [5.74, 6) is 2.29. The molecule has 0 N–H and O–H groups in total. The Morgan fingerprint density at radius 3 is 1.57 bits per heavy atom. The van der Waals surface area contributed by atoms with Crippen molar-refractivity contribution in [3.05, 3.63) is 59.7 Å². The lowest BCUT2D eigenvalue weighted by molar-refractivity contribution is -0.274. The van der Waals surface area contributed by atoms with E-state index in [1.807, 2.05) is 0 Å². The van der Waals surface area contributed by atoms with Gasteiger partial charge in [0.2, 0.25) is 0 Å². The molecular weight excluding hydrogens is 523 g/mol. The number of benzene rings is 2. The topological polar surface area (TPSA) is 18.5 Å². The number of halogens is 5. The van der Waals surface area contributed by atoms with Crippen LogP contribution in [0.15, 0.2) is 48.5 Å². The molecular formula is C33H43F5O2. The van der Waals surface area contributed by atoms with Crippen molar-refractivity contribution in [2.24, 2.45) is 17.8 Å². The van der Waals surface area contributed by atoms with Gasteiger partial charge in [-0.25, -0.2) is 0 Å². The summed E-state index contributed by atoms with van der Waals surface area (Å²) in [5.41, 5.74) is 0.786. The van der Waals surface area contributed by atoms with E-state index < -0.39 is 18.2 Å². The molecule has 0 heterocycles. The Hall–Kier alpha value is -2.31. The standard InChI is InChI=1S/C33H43F5O2/c1-2-3-4-5-24-6-8-25(9-7-24)10-11-26-12-14-27(15-13-26)28-16-18-29(19-17-28)32(34,35)39-30-20-22-31(23-21-30)40-33(36,37)38/h16-27H,2-15H2,1H3/t24-,25-,26?,27?. The molecule has 0 aromatic heterocycles. The van der Waals surface area contributed by atoms with Gasteiger partial charge in [-0.2, -0.15) is 8.78 Å². The maximum Gasteiger partial charge on any atom is 0.573 e. The van der Waals surface area contributed by atoms with E-state index in [0.29, 0.717) is 5.92 Å². The van der Waals surface area contributed by atoms with Crippen LogP contribution < -0.4 is 9.47 Å². The van der Waals surface area contributed by atoms with Crippen molar-refractivity contribution in [3.8, 4) is 11.5 Å². The molecule has 0 bridgehead atoms. The van der Waals surface area contributed by atoms with E-state index in [1.165, 1.54) is 89.2 Å². The first-order valence-corrected chi connectivity index (χ1v) is 15.1. The van der Waals surface area contributed by atoms with E-state index >= 15 is 0 Å².